The molecule has 0 fully saturated rings. The second-order valence-corrected chi connectivity index (χ2v) is 8.26. The number of phenols is 1. The van der Waals surface area contributed by atoms with E-state index in [1.807, 2.05) is 0 Å². The zero-order chi connectivity index (χ0) is 19.6. The molecule has 0 saturated carbocycles. The van der Waals surface area contributed by atoms with Crippen LogP contribution in [0.15, 0.2) is 29.2 Å². The molecule has 2 aromatic carbocycles. The highest BCUT2D eigenvalue weighted by Crippen LogP contribution is 2.35. The second-order valence-electron chi connectivity index (χ2n) is 5.39. The minimum absolute atomic E-state index is 0.0368. The summed E-state index contributed by atoms with van der Waals surface area (Å²) in [6.45, 7) is 3.25. The van der Waals surface area contributed by atoms with Gasteiger partial charge in [0.2, 0.25) is 5.91 Å². The Morgan fingerprint density at radius 1 is 1.04 bits per heavy atom. The predicted molar refractivity (Wildman–Crippen MR) is 104 cm³/mol. The van der Waals surface area contributed by atoms with Crippen molar-refractivity contribution in [1.29, 1.82) is 0 Å². The predicted octanol–water partition coefficient (Wildman–Crippen LogP) is 4.81. The lowest BCUT2D eigenvalue weighted by molar-refractivity contribution is -0.115. The van der Waals surface area contributed by atoms with Crippen LogP contribution in [-0.4, -0.2) is 19.4 Å². The molecule has 1 amide bonds. The Labute approximate surface area is 166 Å². The molecule has 0 aromatic heterocycles. The fraction of sp³-hybridized carbons (Fsp3) is 0.188. The first-order chi connectivity index (χ1) is 12.0. The molecule has 2 aromatic rings. The van der Waals surface area contributed by atoms with Gasteiger partial charge >= 0.3 is 0 Å². The molecule has 0 aliphatic heterocycles. The van der Waals surface area contributed by atoms with E-state index in [0.29, 0.717) is 5.56 Å². The summed E-state index contributed by atoms with van der Waals surface area (Å²) in [5, 5.41) is 12.5. The number of aromatic hydroxyl groups is 1. The Bertz CT molecular complexity index is 978. The lowest BCUT2D eigenvalue weighted by Crippen LogP contribution is -2.15. The molecule has 6 nitrogen and oxygen atoms in total. The van der Waals surface area contributed by atoms with Gasteiger partial charge in [-0.25, -0.2) is 8.42 Å². The summed E-state index contributed by atoms with van der Waals surface area (Å²) in [4.78, 5) is 11.3. The van der Waals surface area contributed by atoms with Crippen molar-refractivity contribution in [1.82, 2.24) is 0 Å². The molecule has 140 valence electrons. The number of amides is 1. The van der Waals surface area contributed by atoms with Crippen molar-refractivity contribution < 1.29 is 18.3 Å². The third-order valence-corrected chi connectivity index (χ3v) is 6.00. The van der Waals surface area contributed by atoms with Crippen LogP contribution in [0.1, 0.15) is 18.9 Å². The highest BCUT2D eigenvalue weighted by Gasteiger charge is 2.22. The van der Waals surface area contributed by atoms with Gasteiger partial charge in [0.25, 0.3) is 10.0 Å². The summed E-state index contributed by atoms with van der Waals surface area (Å²) in [7, 11) is -4.09. The van der Waals surface area contributed by atoms with E-state index >= 15 is 0 Å². The van der Waals surface area contributed by atoms with Crippen LogP contribution >= 0.6 is 34.8 Å². The van der Waals surface area contributed by atoms with Crippen LogP contribution in [0.5, 0.6) is 5.75 Å². The third kappa shape index (κ3) is 4.54. The van der Waals surface area contributed by atoms with E-state index in [1.165, 1.54) is 18.2 Å². The first-order valence-electron chi connectivity index (χ1n) is 7.36. The van der Waals surface area contributed by atoms with Crippen LogP contribution in [0.2, 0.25) is 15.1 Å². The number of benzene rings is 2. The summed E-state index contributed by atoms with van der Waals surface area (Å²) < 4.78 is 27.7. The minimum Gasteiger partial charge on any atom is -0.506 e. The Morgan fingerprint density at radius 2 is 1.65 bits per heavy atom. The van der Waals surface area contributed by atoms with Crippen LogP contribution in [0.4, 0.5) is 11.4 Å². The van der Waals surface area contributed by atoms with E-state index in [0.717, 1.165) is 6.07 Å². The topological polar surface area (TPSA) is 95.5 Å². The van der Waals surface area contributed by atoms with Crippen LogP contribution < -0.4 is 10.0 Å². The van der Waals surface area contributed by atoms with Gasteiger partial charge in [0, 0.05) is 6.42 Å². The van der Waals surface area contributed by atoms with Gasteiger partial charge in [-0.2, -0.15) is 0 Å². The number of anilines is 2. The van der Waals surface area contributed by atoms with Gasteiger partial charge in [0.1, 0.15) is 10.6 Å². The Balaban J connectivity index is 2.45. The molecule has 0 atom stereocenters. The van der Waals surface area contributed by atoms with E-state index in [2.05, 4.69) is 10.0 Å². The molecule has 0 aliphatic rings. The van der Waals surface area contributed by atoms with Crippen molar-refractivity contribution in [2.45, 2.75) is 25.2 Å². The van der Waals surface area contributed by atoms with Gasteiger partial charge in [-0.15, -0.1) is 0 Å². The van der Waals surface area contributed by atoms with Gasteiger partial charge in [0.15, 0.2) is 0 Å². The van der Waals surface area contributed by atoms with Crippen LogP contribution in [0, 0.1) is 6.92 Å². The van der Waals surface area contributed by atoms with Crippen molar-refractivity contribution in [3.63, 3.8) is 0 Å². The Morgan fingerprint density at radius 3 is 2.27 bits per heavy atom. The van der Waals surface area contributed by atoms with Gasteiger partial charge in [-0.3, -0.25) is 9.52 Å². The minimum atomic E-state index is -4.09. The SMILES string of the molecule is CCC(=O)Nc1cc(NS(=O)(=O)c2cc(Cl)c(Cl)cc2Cl)c(C)cc1O. The van der Waals surface area contributed by atoms with Crippen molar-refractivity contribution in [3.05, 3.63) is 44.9 Å². The largest absolute Gasteiger partial charge is 0.506 e. The molecule has 10 heteroatoms. The number of sulfonamides is 1. The normalized spacial score (nSPS) is 11.3. The summed E-state index contributed by atoms with van der Waals surface area (Å²) in [6, 6.07) is 5.03. The fourth-order valence-electron chi connectivity index (χ4n) is 2.05. The molecule has 2 rings (SSSR count). The molecular formula is C16H15Cl3N2O4S. The molecular weight excluding hydrogens is 423 g/mol. The van der Waals surface area contributed by atoms with E-state index < -0.39 is 10.0 Å². The number of phenolic OH excluding ortho intramolecular Hbond substituents is 1. The first-order valence-corrected chi connectivity index (χ1v) is 9.97. The second kappa shape index (κ2) is 7.92. The molecule has 0 unspecified atom stereocenters. The van der Waals surface area contributed by atoms with Crippen LogP contribution in [-0.2, 0) is 14.8 Å². The van der Waals surface area contributed by atoms with E-state index in [-0.39, 0.29) is 49.4 Å². The van der Waals surface area contributed by atoms with Gasteiger partial charge in [-0.1, -0.05) is 41.7 Å². The Hall–Kier alpha value is -1.67. The highest BCUT2D eigenvalue weighted by atomic mass is 35.5. The van der Waals surface area contributed by atoms with Crippen molar-refractivity contribution in [3.8, 4) is 5.75 Å². The molecule has 26 heavy (non-hydrogen) atoms. The van der Waals surface area contributed by atoms with Crippen molar-refractivity contribution in [2.75, 3.05) is 10.0 Å². The molecule has 0 heterocycles. The fourth-order valence-corrected chi connectivity index (χ4v) is 4.18. The summed E-state index contributed by atoms with van der Waals surface area (Å²) in [6.07, 6.45) is 0.202. The molecule has 0 bridgehead atoms. The molecule has 0 aliphatic carbocycles. The monoisotopic (exact) mass is 436 g/mol. The van der Waals surface area contributed by atoms with Gasteiger partial charge < -0.3 is 10.4 Å². The van der Waals surface area contributed by atoms with Crippen LogP contribution in [0.25, 0.3) is 0 Å². The zero-order valence-corrected chi connectivity index (χ0v) is 16.8. The number of carbonyl (C=O) groups is 1. The van der Waals surface area contributed by atoms with Gasteiger partial charge in [0.05, 0.1) is 26.4 Å². The summed E-state index contributed by atoms with van der Waals surface area (Å²) in [5.74, 6) is -0.509. The Kier molecular flexibility index (Phi) is 6.29. The van der Waals surface area contributed by atoms with Gasteiger partial charge in [-0.05, 0) is 36.8 Å². The van der Waals surface area contributed by atoms with E-state index in [1.54, 1.807) is 13.8 Å². The number of halogens is 3. The molecule has 0 saturated heterocycles. The standard InChI is InChI=1S/C16H15Cl3N2O4S/c1-3-16(23)20-13-7-12(8(2)4-14(13)22)21-26(24,25)15-6-10(18)9(17)5-11(15)19/h4-7,21-22H,3H2,1-2H3,(H,20,23). The maximum absolute atomic E-state index is 12.7. The molecule has 3 N–H and O–H groups in total. The number of rotatable bonds is 5. The third-order valence-electron chi connectivity index (χ3n) is 3.45. The molecule has 0 radical (unpaired) electrons. The zero-order valence-electron chi connectivity index (χ0n) is 13.7. The lowest BCUT2D eigenvalue weighted by Gasteiger charge is -2.15. The average molecular weight is 438 g/mol. The van der Waals surface area contributed by atoms with Crippen molar-refractivity contribution >= 4 is 62.1 Å². The summed E-state index contributed by atoms with van der Waals surface area (Å²) >= 11 is 17.7. The quantitative estimate of drug-likeness (QED) is 0.355. The maximum atomic E-state index is 12.7. The number of hydrogen-bond acceptors (Lipinski definition) is 4. The first kappa shape index (κ1) is 20.6. The van der Waals surface area contributed by atoms with Crippen LogP contribution in [0.3, 0.4) is 0 Å². The smallest absolute Gasteiger partial charge is 0.263 e. The van der Waals surface area contributed by atoms with E-state index in [9.17, 15) is 18.3 Å². The average Bonchev–Trinajstić information content (AvgIpc) is 2.54. The number of nitrogens with one attached hydrogen (secondary N) is 2. The highest BCUT2D eigenvalue weighted by molar-refractivity contribution is 7.92. The molecule has 0 spiro atoms. The number of carbonyl (C=O) groups excluding carboxylic acids is 1. The van der Waals surface area contributed by atoms with Crippen molar-refractivity contribution in [2.24, 2.45) is 0 Å². The maximum Gasteiger partial charge on any atom is 0.263 e. The number of hydrogen-bond donors (Lipinski definition) is 3. The lowest BCUT2D eigenvalue weighted by atomic mass is 10.1. The summed E-state index contributed by atoms with van der Waals surface area (Å²) in [5.41, 5.74) is 0.688. The van der Waals surface area contributed by atoms with E-state index in [4.69, 9.17) is 34.8 Å². The number of aryl methyl sites for hydroxylation is 1.